The molecule has 1 heterocycles. The molecule has 0 saturated carbocycles. The van der Waals surface area contributed by atoms with E-state index in [9.17, 15) is 18.0 Å². The minimum Gasteiger partial charge on any atom is -0.383 e. The number of nitrogens with zero attached hydrogens (tertiary/aromatic N) is 1. The second kappa shape index (κ2) is 3.17. The molecule has 2 atom stereocenters. The average molecular weight is 197 g/mol. The number of hydrogen-bond donors (Lipinski definition) is 1. The number of rotatable bonds is 1. The van der Waals surface area contributed by atoms with Crippen molar-refractivity contribution in [1.82, 2.24) is 4.90 Å². The first-order valence-electron chi connectivity index (χ1n) is 3.84. The Balaban J connectivity index is 2.69. The standard InChI is InChI=1S/C7H10F3NO2/c1-11-3-2-4(6(11)13)5(12)7(8,9)10/h4-5,12H,2-3H2,1H3. The fourth-order valence-corrected chi connectivity index (χ4v) is 1.37. The van der Waals surface area contributed by atoms with Crippen molar-refractivity contribution >= 4 is 5.91 Å². The molecule has 6 heteroatoms. The maximum Gasteiger partial charge on any atom is 0.415 e. The lowest BCUT2D eigenvalue weighted by Gasteiger charge is -2.19. The highest BCUT2D eigenvalue weighted by atomic mass is 19.4. The molecule has 0 aromatic carbocycles. The lowest BCUT2D eigenvalue weighted by atomic mass is 10.0. The Morgan fingerprint density at radius 2 is 2.15 bits per heavy atom. The number of carbonyl (C=O) groups excluding carboxylic acids is 1. The number of carbonyl (C=O) groups is 1. The summed E-state index contributed by atoms with van der Waals surface area (Å²) in [6, 6.07) is 0. The van der Waals surface area contributed by atoms with Gasteiger partial charge in [-0.1, -0.05) is 0 Å². The molecule has 1 N–H and O–H groups in total. The van der Waals surface area contributed by atoms with Crippen molar-refractivity contribution in [3.8, 4) is 0 Å². The second-order valence-electron chi connectivity index (χ2n) is 3.14. The first-order valence-corrected chi connectivity index (χ1v) is 3.84. The summed E-state index contributed by atoms with van der Waals surface area (Å²) < 4.78 is 35.9. The summed E-state index contributed by atoms with van der Waals surface area (Å²) in [7, 11) is 1.42. The van der Waals surface area contributed by atoms with Gasteiger partial charge >= 0.3 is 6.18 Å². The van der Waals surface area contributed by atoms with E-state index >= 15 is 0 Å². The Morgan fingerprint density at radius 3 is 2.46 bits per heavy atom. The molecule has 0 aliphatic carbocycles. The van der Waals surface area contributed by atoms with E-state index < -0.39 is 24.1 Å². The molecule has 1 aliphatic heterocycles. The molecule has 0 bridgehead atoms. The molecular weight excluding hydrogens is 187 g/mol. The lowest BCUT2D eigenvalue weighted by molar-refractivity contribution is -0.218. The van der Waals surface area contributed by atoms with Crippen LogP contribution >= 0.6 is 0 Å². The van der Waals surface area contributed by atoms with Crippen LogP contribution in [0.2, 0.25) is 0 Å². The average Bonchev–Trinajstić information content (AvgIpc) is 2.30. The SMILES string of the molecule is CN1CCC(C(O)C(F)(F)F)C1=O. The van der Waals surface area contributed by atoms with Gasteiger partial charge in [0.05, 0.1) is 5.92 Å². The molecule has 1 amide bonds. The van der Waals surface area contributed by atoms with E-state index in [0.717, 1.165) is 0 Å². The zero-order valence-corrected chi connectivity index (χ0v) is 7.01. The third kappa shape index (κ3) is 1.93. The zero-order valence-electron chi connectivity index (χ0n) is 7.01. The number of alkyl halides is 3. The highest BCUT2D eigenvalue weighted by Gasteiger charge is 2.48. The van der Waals surface area contributed by atoms with Gasteiger partial charge in [-0.2, -0.15) is 13.2 Å². The van der Waals surface area contributed by atoms with Crippen molar-refractivity contribution in [3.05, 3.63) is 0 Å². The van der Waals surface area contributed by atoms with Crippen molar-refractivity contribution < 1.29 is 23.1 Å². The fraction of sp³-hybridized carbons (Fsp3) is 0.857. The van der Waals surface area contributed by atoms with Crippen LogP contribution in [0.25, 0.3) is 0 Å². The lowest BCUT2D eigenvalue weighted by Crippen LogP contribution is -2.39. The summed E-state index contributed by atoms with van der Waals surface area (Å²) in [5.41, 5.74) is 0. The van der Waals surface area contributed by atoms with Crippen LogP contribution in [0.15, 0.2) is 0 Å². The van der Waals surface area contributed by atoms with Crippen LogP contribution in [-0.4, -0.2) is 41.8 Å². The Morgan fingerprint density at radius 1 is 1.62 bits per heavy atom. The smallest absolute Gasteiger partial charge is 0.383 e. The molecule has 1 aliphatic rings. The Kier molecular flexibility index (Phi) is 2.51. The summed E-state index contributed by atoms with van der Waals surface area (Å²) in [6.07, 6.45) is -7.16. The molecule has 2 unspecified atom stereocenters. The maximum absolute atomic E-state index is 12.0. The van der Waals surface area contributed by atoms with Crippen LogP contribution < -0.4 is 0 Å². The predicted octanol–water partition coefficient (Wildman–Crippen LogP) is 0.388. The van der Waals surface area contributed by atoms with E-state index in [1.807, 2.05) is 0 Å². The number of hydrogen-bond acceptors (Lipinski definition) is 2. The Labute approximate surface area is 73.1 Å². The topological polar surface area (TPSA) is 40.5 Å². The van der Waals surface area contributed by atoms with E-state index in [0.29, 0.717) is 0 Å². The predicted molar refractivity (Wildman–Crippen MR) is 37.8 cm³/mol. The third-order valence-corrected chi connectivity index (χ3v) is 2.19. The molecule has 13 heavy (non-hydrogen) atoms. The highest BCUT2D eigenvalue weighted by Crippen LogP contribution is 2.31. The number of aliphatic hydroxyl groups is 1. The molecular formula is C7H10F3NO2. The van der Waals surface area contributed by atoms with E-state index in [2.05, 4.69) is 0 Å². The summed E-state index contributed by atoms with van der Waals surface area (Å²) in [5.74, 6) is -1.95. The summed E-state index contributed by atoms with van der Waals surface area (Å²) in [5, 5.41) is 8.80. The van der Waals surface area contributed by atoms with Gasteiger partial charge in [0.2, 0.25) is 5.91 Å². The largest absolute Gasteiger partial charge is 0.415 e. The maximum atomic E-state index is 12.0. The van der Waals surface area contributed by atoms with Crippen LogP contribution in [0.3, 0.4) is 0 Å². The van der Waals surface area contributed by atoms with Crippen LogP contribution in [-0.2, 0) is 4.79 Å². The molecule has 1 fully saturated rings. The van der Waals surface area contributed by atoms with Gasteiger partial charge in [0.1, 0.15) is 0 Å². The van der Waals surface area contributed by atoms with Gasteiger partial charge in [-0.15, -0.1) is 0 Å². The second-order valence-corrected chi connectivity index (χ2v) is 3.14. The van der Waals surface area contributed by atoms with Gasteiger partial charge in [0, 0.05) is 13.6 Å². The first kappa shape index (κ1) is 10.3. The van der Waals surface area contributed by atoms with Crippen molar-refractivity contribution in [1.29, 1.82) is 0 Å². The third-order valence-electron chi connectivity index (χ3n) is 2.19. The van der Waals surface area contributed by atoms with Crippen molar-refractivity contribution in [2.75, 3.05) is 13.6 Å². The van der Waals surface area contributed by atoms with Gasteiger partial charge in [0.15, 0.2) is 6.10 Å². The van der Waals surface area contributed by atoms with Crippen molar-refractivity contribution in [2.45, 2.75) is 18.7 Å². The van der Waals surface area contributed by atoms with Gasteiger partial charge in [-0.05, 0) is 6.42 Å². The molecule has 0 spiro atoms. The van der Waals surface area contributed by atoms with Crippen molar-refractivity contribution in [2.24, 2.45) is 5.92 Å². The molecule has 0 radical (unpaired) electrons. The van der Waals surface area contributed by atoms with Crippen molar-refractivity contribution in [3.63, 3.8) is 0 Å². The molecule has 76 valence electrons. The summed E-state index contributed by atoms with van der Waals surface area (Å²) in [4.78, 5) is 12.3. The highest BCUT2D eigenvalue weighted by molar-refractivity contribution is 5.81. The molecule has 1 saturated heterocycles. The molecule has 0 aromatic heterocycles. The molecule has 1 rings (SSSR count). The number of likely N-dealkylation sites (tertiary alicyclic amines) is 1. The minimum absolute atomic E-state index is 0.0655. The van der Waals surface area contributed by atoms with E-state index in [1.165, 1.54) is 11.9 Å². The molecule has 3 nitrogen and oxygen atoms in total. The van der Waals surface area contributed by atoms with E-state index in [1.54, 1.807) is 0 Å². The van der Waals surface area contributed by atoms with Crippen LogP contribution in [0.1, 0.15) is 6.42 Å². The van der Waals surface area contributed by atoms with E-state index in [4.69, 9.17) is 5.11 Å². The normalized spacial score (nSPS) is 26.7. The molecule has 0 aromatic rings. The number of aliphatic hydroxyl groups excluding tert-OH is 1. The van der Waals surface area contributed by atoms with Crippen LogP contribution in [0.5, 0.6) is 0 Å². The Hall–Kier alpha value is -0.780. The van der Waals surface area contributed by atoms with E-state index in [-0.39, 0.29) is 13.0 Å². The van der Waals surface area contributed by atoms with Gasteiger partial charge in [-0.3, -0.25) is 4.79 Å². The Bertz CT molecular complexity index is 216. The van der Waals surface area contributed by atoms with Crippen LogP contribution in [0.4, 0.5) is 13.2 Å². The summed E-state index contributed by atoms with van der Waals surface area (Å²) >= 11 is 0. The van der Waals surface area contributed by atoms with Gasteiger partial charge < -0.3 is 10.0 Å². The van der Waals surface area contributed by atoms with Gasteiger partial charge in [0.25, 0.3) is 0 Å². The minimum atomic E-state index is -4.70. The fourth-order valence-electron chi connectivity index (χ4n) is 1.37. The first-order chi connectivity index (χ1) is 5.84. The van der Waals surface area contributed by atoms with Crippen LogP contribution in [0, 0.1) is 5.92 Å². The summed E-state index contributed by atoms with van der Waals surface area (Å²) in [6.45, 7) is 0.274. The monoisotopic (exact) mass is 197 g/mol. The number of halogens is 3. The number of amides is 1. The quantitative estimate of drug-likeness (QED) is 0.660. The van der Waals surface area contributed by atoms with Gasteiger partial charge in [-0.25, -0.2) is 0 Å². The zero-order chi connectivity index (χ0) is 10.2.